The van der Waals surface area contributed by atoms with Crippen molar-refractivity contribution < 1.29 is 32.6 Å². The molecule has 0 aromatic carbocycles. The molecule has 0 heterocycles. The molecule has 1 saturated carbocycles. The van der Waals surface area contributed by atoms with Gasteiger partial charge in [0.05, 0.1) is 19.2 Å². The Kier molecular flexibility index (Phi) is 7.74. The fourth-order valence-electron chi connectivity index (χ4n) is 2.52. The summed E-state index contributed by atoms with van der Waals surface area (Å²) in [7, 11) is 0. The van der Waals surface area contributed by atoms with Gasteiger partial charge in [0.1, 0.15) is 6.61 Å². The first-order valence-electron chi connectivity index (χ1n) is 7.78. The molecule has 7 nitrogen and oxygen atoms in total. The normalized spacial score (nSPS) is 21.9. The van der Waals surface area contributed by atoms with Crippen molar-refractivity contribution in [1.82, 2.24) is 15.5 Å². The molecule has 10 heteroatoms. The van der Waals surface area contributed by atoms with Crippen molar-refractivity contribution in [2.75, 3.05) is 26.3 Å². The molecule has 1 unspecified atom stereocenters. The number of likely N-dealkylation sites (N-methyl/N-ethyl adjacent to an activating group) is 1. The number of halogens is 3. The van der Waals surface area contributed by atoms with E-state index in [9.17, 15) is 22.8 Å². The summed E-state index contributed by atoms with van der Waals surface area (Å²) in [6.45, 7) is 2.42. The Bertz CT molecular complexity index is 428. The maximum absolute atomic E-state index is 11.9. The van der Waals surface area contributed by atoms with Crippen LogP contribution in [0.5, 0.6) is 0 Å². The fourth-order valence-corrected chi connectivity index (χ4v) is 2.52. The molecular weight excluding hydrogens is 331 g/mol. The second-order valence-corrected chi connectivity index (χ2v) is 5.93. The van der Waals surface area contributed by atoms with Crippen LogP contribution in [-0.4, -0.2) is 72.6 Å². The van der Waals surface area contributed by atoms with E-state index in [0.717, 1.165) is 0 Å². The van der Waals surface area contributed by atoms with Gasteiger partial charge in [0.2, 0.25) is 0 Å². The molecule has 1 fully saturated rings. The number of nitrogens with zero attached hydrogens (tertiary/aromatic N) is 1. The Morgan fingerprint density at radius 1 is 1.38 bits per heavy atom. The fraction of sp³-hybridized carbons (Fsp3) is 0.857. The topological polar surface area (TPSA) is 90.9 Å². The zero-order chi connectivity index (χ0) is 18.3. The van der Waals surface area contributed by atoms with Crippen LogP contribution in [0.15, 0.2) is 0 Å². The zero-order valence-corrected chi connectivity index (χ0v) is 13.7. The minimum absolute atomic E-state index is 0.0341. The highest BCUT2D eigenvalue weighted by molar-refractivity contribution is 5.74. The Morgan fingerprint density at radius 3 is 2.50 bits per heavy atom. The predicted molar refractivity (Wildman–Crippen MR) is 79.7 cm³/mol. The highest BCUT2D eigenvalue weighted by atomic mass is 19.4. The van der Waals surface area contributed by atoms with E-state index in [2.05, 4.69) is 15.4 Å². The van der Waals surface area contributed by atoms with Gasteiger partial charge in [-0.15, -0.1) is 0 Å². The molecule has 0 spiro atoms. The number of hydrogen-bond acceptors (Lipinski definition) is 4. The molecule has 1 aliphatic rings. The molecule has 24 heavy (non-hydrogen) atoms. The predicted octanol–water partition coefficient (Wildman–Crippen LogP) is 1.19. The lowest BCUT2D eigenvalue weighted by molar-refractivity contribution is -0.174. The first kappa shape index (κ1) is 20.5. The van der Waals surface area contributed by atoms with Crippen LogP contribution in [0.1, 0.15) is 26.7 Å². The zero-order valence-electron chi connectivity index (χ0n) is 13.7. The summed E-state index contributed by atoms with van der Waals surface area (Å²) in [5.74, 6) is -0.890. The van der Waals surface area contributed by atoms with Crippen LogP contribution in [-0.2, 0) is 9.53 Å². The average Bonchev–Trinajstić information content (AvgIpc) is 2.38. The summed E-state index contributed by atoms with van der Waals surface area (Å²) >= 11 is 0. The number of hydrogen-bond donors (Lipinski definition) is 3. The summed E-state index contributed by atoms with van der Waals surface area (Å²) < 4.78 is 40.3. The lowest BCUT2D eigenvalue weighted by Gasteiger charge is -2.42. The van der Waals surface area contributed by atoms with Crippen LogP contribution in [0.25, 0.3) is 0 Å². The van der Waals surface area contributed by atoms with Crippen molar-refractivity contribution in [3.05, 3.63) is 0 Å². The lowest BCUT2D eigenvalue weighted by Crippen LogP contribution is -2.57. The van der Waals surface area contributed by atoms with E-state index in [4.69, 9.17) is 5.11 Å². The summed E-state index contributed by atoms with van der Waals surface area (Å²) in [6, 6.07) is -0.977. The van der Waals surface area contributed by atoms with Crippen LogP contribution in [0.2, 0.25) is 0 Å². The van der Waals surface area contributed by atoms with Crippen molar-refractivity contribution in [3.8, 4) is 0 Å². The maximum Gasteiger partial charge on any atom is 0.411 e. The van der Waals surface area contributed by atoms with Crippen LogP contribution < -0.4 is 10.6 Å². The molecule has 1 aliphatic carbocycles. The standard InChI is InChI=1S/C14H24F3N3O4/c1-3-20(6-12(21)22)11-4-10(5-11)19-13(23)18-9(2)7-24-8-14(15,16)17/h9-11H,3-8H2,1-2H3,(H,21,22)(H2,18,19,23). The van der Waals surface area contributed by atoms with Gasteiger partial charge in [-0.25, -0.2) is 4.79 Å². The van der Waals surface area contributed by atoms with Crippen molar-refractivity contribution in [2.45, 2.75) is 51.0 Å². The van der Waals surface area contributed by atoms with Gasteiger partial charge >= 0.3 is 18.2 Å². The molecule has 0 aromatic heterocycles. The van der Waals surface area contributed by atoms with Gasteiger partial charge in [0, 0.05) is 12.1 Å². The number of alkyl halides is 3. The van der Waals surface area contributed by atoms with Gasteiger partial charge < -0.3 is 20.5 Å². The second kappa shape index (κ2) is 9.07. The van der Waals surface area contributed by atoms with Gasteiger partial charge in [0.15, 0.2) is 0 Å². The number of aliphatic carboxylic acids is 1. The number of nitrogens with one attached hydrogen (secondary N) is 2. The Morgan fingerprint density at radius 2 is 2.00 bits per heavy atom. The summed E-state index contributed by atoms with van der Waals surface area (Å²) in [5, 5.41) is 14.0. The first-order valence-corrected chi connectivity index (χ1v) is 7.78. The number of carboxylic acid groups (broad SMARTS) is 1. The molecule has 1 atom stereocenters. The van der Waals surface area contributed by atoms with Crippen molar-refractivity contribution in [2.24, 2.45) is 0 Å². The van der Waals surface area contributed by atoms with Crippen LogP contribution in [0.4, 0.5) is 18.0 Å². The highest BCUT2D eigenvalue weighted by Gasteiger charge is 2.34. The number of carboxylic acids is 1. The Labute approximate surface area is 138 Å². The van der Waals surface area contributed by atoms with Crippen LogP contribution in [0.3, 0.4) is 0 Å². The number of amides is 2. The minimum atomic E-state index is -4.38. The molecule has 0 bridgehead atoms. The molecular formula is C14H24F3N3O4. The van der Waals surface area contributed by atoms with Gasteiger partial charge in [-0.3, -0.25) is 9.69 Å². The molecule has 1 rings (SSSR count). The highest BCUT2D eigenvalue weighted by Crippen LogP contribution is 2.25. The average molecular weight is 355 g/mol. The van der Waals surface area contributed by atoms with E-state index in [1.807, 2.05) is 11.8 Å². The molecule has 0 saturated heterocycles. The van der Waals surface area contributed by atoms with Gasteiger partial charge in [-0.05, 0) is 26.3 Å². The van der Waals surface area contributed by atoms with Crippen molar-refractivity contribution in [1.29, 1.82) is 0 Å². The van der Waals surface area contributed by atoms with E-state index in [0.29, 0.717) is 19.4 Å². The number of carbonyl (C=O) groups is 2. The third kappa shape index (κ3) is 7.82. The van der Waals surface area contributed by atoms with Gasteiger partial charge in [0.25, 0.3) is 0 Å². The van der Waals surface area contributed by atoms with E-state index in [1.54, 1.807) is 6.92 Å². The van der Waals surface area contributed by atoms with Gasteiger partial charge in [-0.1, -0.05) is 6.92 Å². The number of urea groups is 1. The van der Waals surface area contributed by atoms with Crippen LogP contribution >= 0.6 is 0 Å². The van der Waals surface area contributed by atoms with E-state index in [-0.39, 0.29) is 25.2 Å². The van der Waals surface area contributed by atoms with Crippen molar-refractivity contribution in [3.63, 3.8) is 0 Å². The monoisotopic (exact) mass is 355 g/mol. The molecule has 0 radical (unpaired) electrons. The second-order valence-electron chi connectivity index (χ2n) is 5.93. The molecule has 0 aliphatic heterocycles. The largest absolute Gasteiger partial charge is 0.480 e. The maximum atomic E-state index is 11.9. The first-order chi connectivity index (χ1) is 11.1. The smallest absolute Gasteiger partial charge is 0.411 e. The Hall–Kier alpha value is -1.55. The summed E-state index contributed by atoms with van der Waals surface area (Å²) in [4.78, 5) is 24.3. The quantitative estimate of drug-likeness (QED) is 0.578. The number of ether oxygens (including phenoxy) is 1. The molecule has 0 aromatic rings. The van der Waals surface area contributed by atoms with E-state index >= 15 is 0 Å². The molecule has 2 amide bonds. The molecule has 140 valence electrons. The summed E-state index contributed by atoms with van der Waals surface area (Å²) in [5.41, 5.74) is 0. The SMILES string of the molecule is CCN(CC(=O)O)C1CC(NC(=O)NC(C)COCC(F)(F)F)C1. The van der Waals surface area contributed by atoms with E-state index < -0.39 is 30.8 Å². The Balaban J connectivity index is 2.19. The third-order valence-corrected chi connectivity index (χ3v) is 3.72. The minimum Gasteiger partial charge on any atom is -0.480 e. The van der Waals surface area contributed by atoms with E-state index in [1.165, 1.54) is 0 Å². The van der Waals surface area contributed by atoms with Gasteiger partial charge in [-0.2, -0.15) is 13.2 Å². The lowest BCUT2D eigenvalue weighted by atomic mass is 9.85. The molecule has 3 N–H and O–H groups in total. The third-order valence-electron chi connectivity index (χ3n) is 3.72. The van der Waals surface area contributed by atoms with Crippen molar-refractivity contribution >= 4 is 12.0 Å². The number of carbonyl (C=O) groups excluding carboxylic acids is 1. The summed E-state index contributed by atoms with van der Waals surface area (Å²) in [6.07, 6.45) is -3.09. The van der Waals surface area contributed by atoms with Crippen LogP contribution in [0, 0.1) is 0 Å². The number of rotatable bonds is 9.